The van der Waals surface area contributed by atoms with Gasteiger partial charge >= 0.3 is 12.1 Å². The van der Waals surface area contributed by atoms with Gasteiger partial charge < -0.3 is 14.7 Å². The summed E-state index contributed by atoms with van der Waals surface area (Å²) in [6.45, 7) is 3.97. The van der Waals surface area contributed by atoms with Crippen molar-refractivity contribution in [3.63, 3.8) is 0 Å². The van der Waals surface area contributed by atoms with Crippen molar-refractivity contribution in [2.75, 3.05) is 32.1 Å². The van der Waals surface area contributed by atoms with Gasteiger partial charge in [-0.05, 0) is 68.8 Å². The minimum Gasteiger partial charge on any atom is -0.495 e. The fourth-order valence-electron chi connectivity index (χ4n) is 4.65. The Bertz CT molecular complexity index is 1480. The maximum absolute atomic E-state index is 13.0. The molecule has 0 saturated carbocycles. The molecule has 12 heteroatoms. The van der Waals surface area contributed by atoms with Crippen molar-refractivity contribution in [1.82, 2.24) is 9.88 Å². The van der Waals surface area contributed by atoms with Gasteiger partial charge in [0.25, 0.3) is 5.91 Å². The number of carboxylic acids is 1. The van der Waals surface area contributed by atoms with Crippen LogP contribution in [0, 0.1) is 11.3 Å². The number of carboxylic acid groups (broad SMARTS) is 1. The summed E-state index contributed by atoms with van der Waals surface area (Å²) in [6.07, 6.45) is -0.847. The van der Waals surface area contributed by atoms with Crippen LogP contribution in [-0.4, -0.2) is 60.2 Å². The molecule has 1 aliphatic rings. The molecule has 2 aromatic carbocycles. The highest BCUT2D eigenvalue weighted by Gasteiger charge is 2.33. The maximum Gasteiger partial charge on any atom is 0.433 e. The lowest BCUT2D eigenvalue weighted by Gasteiger charge is -2.20. The van der Waals surface area contributed by atoms with Gasteiger partial charge in [-0.1, -0.05) is 30.7 Å². The average Bonchev–Trinajstić information content (AvgIpc) is 3.45. The Labute approximate surface area is 246 Å². The summed E-state index contributed by atoms with van der Waals surface area (Å²) in [5.74, 6) is -0.567. The van der Waals surface area contributed by atoms with Crippen LogP contribution in [-0.2, 0) is 11.0 Å². The molecule has 1 atom stereocenters. The summed E-state index contributed by atoms with van der Waals surface area (Å²) in [5, 5.41) is 18.3. The molecular formula is C30H30ClF3N4O4. The molecule has 42 heavy (non-hydrogen) atoms. The number of carbonyl (C=O) groups excluding carboxylic acids is 1. The molecule has 0 radical (unpaired) electrons. The number of halogens is 4. The van der Waals surface area contributed by atoms with Gasteiger partial charge in [-0.25, -0.2) is 0 Å². The zero-order valence-corrected chi connectivity index (χ0v) is 24.0. The zero-order valence-electron chi connectivity index (χ0n) is 23.3. The van der Waals surface area contributed by atoms with Crippen molar-refractivity contribution in [3.05, 3.63) is 76.6 Å². The third-order valence-corrected chi connectivity index (χ3v) is 7.06. The van der Waals surface area contributed by atoms with E-state index in [1.165, 1.54) is 30.2 Å². The number of likely N-dealkylation sites (tertiary alicyclic amines) is 1. The molecule has 0 bridgehead atoms. The van der Waals surface area contributed by atoms with Crippen molar-refractivity contribution < 1.29 is 32.6 Å². The third-order valence-electron chi connectivity index (χ3n) is 6.73. The summed E-state index contributed by atoms with van der Waals surface area (Å²) >= 11 is 6.23. The van der Waals surface area contributed by atoms with Gasteiger partial charge in [0.1, 0.15) is 17.5 Å². The monoisotopic (exact) mass is 602 g/mol. The van der Waals surface area contributed by atoms with E-state index in [0.29, 0.717) is 17.5 Å². The normalized spacial score (nSPS) is 14.9. The van der Waals surface area contributed by atoms with Crippen LogP contribution < -0.4 is 9.64 Å². The molecule has 0 unspecified atom stereocenters. The molecule has 2 heterocycles. The molecule has 0 aliphatic carbocycles. The van der Waals surface area contributed by atoms with Gasteiger partial charge in [0, 0.05) is 35.0 Å². The second kappa shape index (κ2) is 14.2. The van der Waals surface area contributed by atoms with Crippen LogP contribution >= 0.6 is 11.6 Å². The molecule has 222 valence electrons. The fourth-order valence-corrected chi connectivity index (χ4v) is 4.87. The van der Waals surface area contributed by atoms with Crippen molar-refractivity contribution in [1.29, 1.82) is 5.26 Å². The van der Waals surface area contributed by atoms with E-state index in [4.69, 9.17) is 21.4 Å². The van der Waals surface area contributed by atoms with Gasteiger partial charge in [-0.15, -0.1) is 0 Å². The highest BCUT2D eigenvalue weighted by Crippen LogP contribution is 2.35. The lowest BCUT2D eigenvalue weighted by molar-refractivity contribution is -0.142. The number of nitriles is 1. The van der Waals surface area contributed by atoms with E-state index in [0.717, 1.165) is 38.5 Å². The first-order chi connectivity index (χ1) is 19.9. The van der Waals surface area contributed by atoms with Crippen LogP contribution in [0.15, 0.2) is 54.7 Å². The van der Waals surface area contributed by atoms with E-state index in [1.54, 1.807) is 37.4 Å². The Kier molecular flexibility index (Phi) is 10.9. The van der Waals surface area contributed by atoms with Crippen molar-refractivity contribution in [3.8, 4) is 22.9 Å². The molecule has 3 aromatic rings. The number of anilines is 1. The number of amides is 1. The van der Waals surface area contributed by atoms with E-state index < -0.39 is 23.7 Å². The number of hydrogen-bond acceptors (Lipinski definition) is 6. The van der Waals surface area contributed by atoms with Crippen molar-refractivity contribution >= 4 is 29.2 Å². The predicted octanol–water partition coefficient (Wildman–Crippen LogP) is 6.52. The number of alkyl halides is 3. The number of ether oxygens (including phenoxy) is 1. The second-order valence-corrected chi connectivity index (χ2v) is 9.89. The largest absolute Gasteiger partial charge is 0.495 e. The molecule has 1 saturated heterocycles. The van der Waals surface area contributed by atoms with E-state index in [1.807, 2.05) is 0 Å². The number of nitrogens with zero attached hydrogens (tertiary/aromatic N) is 4. The molecule has 8 nitrogen and oxygen atoms in total. The van der Waals surface area contributed by atoms with Gasteiger partial charge in [0.15, 0.2) is 0 Å². The van der Waals surface area contributed by atoms with Crippen LogP contribution in [0.25, 0.3) is 11.1 Å². The van der Waals surface area contributed by atoms with Gasteiger partial charge in [-0.3, -0.25) is 19.5 Å². The molecule has 4 rings (SSSR count). The summed E-state index contributed by atoms with van der Waals surface area (Å²) < 4.78 is 44.1. The van der Waals surface area contributed by atoms with Crippen LogP contribution in [0.4, 0.5) is 18.9 Å². The van der Waals surface area contributed by atoms with Crippen LogP contribution in [0.2, 0.25) is 5.02 Å². The topological polar surface area (TPSA) is 107 Å². The number of aliphatic carboxylic acids is 1. The summed E-state index contributed by atoms with van der Waals surface area (Å²) in [4.78, 5) is 30.5. The molecular weight excluding hydrogens is 573 g/mol. The van der Waals surface area contributed by atoms with E-state index in [9.17, 15) is 28.0 Å². The van der Waals surface area contributed by atoms with Crippen molar-refractivity contribution in [2.45, 2.75) is 38.4 Å². The molecule has 0 spiro atoms. The highest BCUT2D eigenvalue weighted by atomic mass is 35.5. The van der Waals surface area contributed by atoms with Gasteiger partial charge in [0.05, 0.1) is 24.4 Å². The standard InChI is InChI=1S/C22H15ClF3N3O2.C8H15NO2/c1-29(18-5-3-4-6-19(18)31-2)21(30)13-7-8-17(23)15(9-13)16-12-28-20(22(24,25)26)10-14(16)11-27;1-2-5-9-6-3-4-7(9)8(10)11/h3-10,12H,1-2H3;7H,2-6H2,1H3,(H,10,11)/t;7-/m.0/s1. The Morgan fingerprint density at radius 1 is 1.21 bits per heavy atom. The van der Waals surface area contributed by atoms with Crippen LogP contribution in [0.5, 0.6) is 5.75 Å². The number of benzene rings is 2. The minimum absolute atomic E-state index is 0.0927. The second-order valence-electron chi connectivity index (χ2n) is 9.49. The molecule has 1 fully saturated rings. The number of carbonyl (C=O) groups is 2. The number of para-hydroxylation sites is 2. The quantitative estimate of drug-likeness (QED) is 0.328. The van der Waals surface area contributed by atoms with E-state index in [2.05, 4.69) is 16.8 Å². The summed E-state index contributed by atoms with van der Waals surface area (Å²) in [6, 6.07) is 13.5. The Morgan fingerprint density at radius 2 is 1.93 bits per heavy atom. The zero-order chi connectivity index (χ0) is 31.0. The molecule has 1 aliphatic heterocycles. The Balaban J connectivity index is 0.000000369. The first-order valence-corrected chi connectivity index (χ1v) is 13.5. The lowest BCUT2D eigenvalue weighted by atomic mass is 9.99. The highest BCUT2D eigenvalue weighted by molar-refractivity contribution is 6.33. The lowest BCUT2D eigenvalue weighted by Crippen LogP contribution is -2.36. The van der Waals surface area contributed by atoms with E-state index >= 15 is 0 Å². The summed E-state index contributed by atoms with van der Waals surface area (Å²) in [5.41, 5.74) is -0.384. The molecule has 1 amide bonds. The number of pyridine rings is 1. The number of rotatable bonds is 7. The third kappa shape index (κ3) is 7.57. The van der Waals surface area contributed by atoms with Crippen LogP contribution in [0.1, 0.15) is 47.8 Å². The number of hydrogen-bond donors (Lipinski definition) is 1. The van der Waals surface area contributed by atoms with Gasteiger partial charge in [0.2, 0.25) is 0 Å². The average molecular weight is 603 g/mol. The minimum atomic E-state index is -4.69. The molecule has 1 aromatic heterocycles. The Hall–Kier alpha value is -4.14. The first-order valence-electron chi connectivity index (χ1n) is 13.1. The number of aromatic nitrogens is 1. The van der Waals surface area contributed by atoms with E-state index in [-0.39, 0.29) is 33.3 Å². The maximum atomic E-state index is 13.0. The summed E-state index contributed by atoms with van der Waals surface area (Å²) in [7, 11) is 3.05. The first kappa shape index (κ1) is 32.4. The SMILES string of the molecule is CCCN1CCC[C@H]1C(=O)O.COc1ccccc1N(C)C(=O)c1ccc(Cl)c(-c2cnc(C(F)(F)F)cc2C#N)c1. The molecule has 1 N–H and O–H groups in total. The van der Waals surface area contributed by atoms with Gasteiger partial charge in [-0.2, -0.15) is 18.4 Å². The fraction of sp³-hybridized carbons (Fsp3) is 0.333. The van der Waals surface area contributed by atoms with Crippen molar-refractivity contribution in [2.24, 2.45) is 0 Å². The number of methoxy groups -OCH3 is 1. The Morgan fingerprint density at radius 3 is 2.55 bits per heavy atom. The smallest absolute Gasteiger partial charge is 0.433 e. The van der Waals surface area contributed by atoms with Crippen LogP contribution in [0.3, 0.4) is 0 Å². The predicted molar refractivity (Wildman–Crippen MR) is 153 cm³/mol.